The highest BCUT2D eigenvalue weighted by Crippen LogP contribution is 2.15. The molecule has 0 unspecified atom stereocenters. The number of para-hydroxylation sites is 1. The van der Waals surface area contributed by atoms with E-state index in [2.05, 4.69) is 16.0 Å². The number of urea groups is 1. The standard InChI is InChI=1S/C13H19N3O3/c1-14-7-4-8-15-13(19)16-11-6-3-2-5-10(11)9-12(17)18/h2-3,5-6,14H,4,7-9H2,1H3,(H,17,18)(H2,15,16,19). The van der Waals surface area contributed by atoms with Crippen LogP contribution >= 0.6 is 0 Å². The Bertz CT molecular complexity index is 435. The van der Waals surface area contributed by atoms with Crippen LogP contribution in [0.1, 0.15) is 12.0 Å². The summed E-state index contributed by atoms with van der Waals surface area (Å²) in [4.78, 5) is 22.3. The van der Waals surface area contributed by atoms with Gasteiger partial charge in [-0.2, -0.15) is 0 Å². The van der Waals surface area contributed by atoms with E-state index in [-0.39, 0.29) is 12.5 Å². The summed E-state index contributed by atoms with van der Waals surface area (Å²) >= 11 is 0. The molecular formula is C13H19N3O3. The van der Waals surface area contributed by atoms with E-state index in [9.17, 15) is 9.59 Å². The van der Waals surface area contributed by atoms with Gasteiger partial charge in [-0.15, -0.1) is 0 Å². The molecule has 0 aliphatic heterocycles. The molecule has 2 amide bonds. The molecule has 0 aliphatic carbocycles. The van der Waals surface area contributed by atoms with Crippen molar-refractivity contribution in [2.75, 3.05) is 25.5 Å². The lowest BCUT2D eigenvalue weighted by Gasteiger charge is -2.10. The lowest BCUT2D eigenvalue weighted by Crippen LogP contribution is -2.31. The molecule has 4 N–H and O–H groups in total. The average molecular weight is 265 g/mol. The fourth-order valence-corrected chi connectivity index (χ4v) is 1.59. The number of benzene rings is 1. The van der Waals surface area contributed by atoms with Crippen molar-refractivity contribution in [2.24, 2.45) is 0 Å². The van der Waals surface area contributed by atoms with Gasteiger partial charge in [-0.1, -0.05) is 18.2 Å². The van der Waals surface area contributed by atoms with Crippen LogP contribution in [0.15, 0.2) is 24.3 Å². The maximum Gasteiger partial charge on any atom is 0.319 e. The normalized spacial score (nSPS) is 9.95. The summed E-state index contributed by atoms with van der Waals surface area (Å²) in [6, 6.07) is 6.54. The van der Waals surface area contributed by atoms with E-state index in [1.807, 2.05) is 7.05 Å². The number of carboxylic acids is 1. The van der Waals surface area contributed by atoms with E-state index < -0.39 is 5.97 Å². The lowest BCUT2D eigenvalue weighted by molar-refractivity contribution is -0.136. The highest BCUT2D eigenvalue weighted by Gasteiger charge is 2.08. The smallest absolute Gasteiger partial charge is 0.319 e. The Morgan fingerprint density at radius 1 is 1.21 bits per heavy atom. The summed E-state index contributed by atoms with van der Waals surface area (Å²) in [7, 11) is 1.85. The Hall–Kier alpha value is -2.08. The minimum atomic E-state index is -0.927. The van der Waals surface area contributed by atoms with Crippen molar-refractivity contribution in [2.45, 2.75) is 12.8 Å². The first-order valence-corrected chi connectivity index (χ1v) is 6.12. The number of hydrogen-bond donors (Lipinski definition) is 4. The molecule has 0 fully saturated rings. The highest BCUT2D eigenvalue weighted by molar-refractivity contribution is 5.90. The highest BCUT2D eigenvalue weighted by atomic mass is 16.4. The Balaban J connectivity index is 2.51. The molecule has 1 aromatic rings. The van der Waals surface area contributed by atoms with Gasteiger partial charge >= 0.3 is 12.0 Å². The van der Waals surface area contributed by atoms with Gasteiger partial charge in [0, 0.05) is 12.2 Å². The van der Waals surface area contributed by atoms with Crippen molar-refractivity contribution in [3.63, 3.8) is 0 Å². The molecule has 0 atom stereocenters. The van der Waals surface area contributed by atoms with Crippen LogP contribution in [-0.2, 0) is 11.2 Å². The third-order valence-electron chi connectivity index (χ3n) is 2.50. The first-order valence-electron chi connectivity index (χ1n) is 6.12. The number of carboxylic acid groups (broad SMARTS) is 1. The SMILES string of the molecule is CNCCCNC(=O)Nc1ccccc1CC(=O)O. The van der Waals surface area contributed by atoms with Gasteiger partial charge in [0.2, 0.25) is 0 Å². The number of nitrogens with one attached hydrogen (secondary N) is 3. The Morgan fingerprint density at radius 2 is 1.95 bits per heavy atom. The zero-order valence-corrected chi connectivity index (χ0v) is 10.9. The number of hydrogen-bond acceptors (Lipinski definition) is 3. The van der Waals surface area contributed by atoms with Crippen LogP contribution in [0, 0.1) is 0 Å². The number of amides is 2. The van der Waals surface area contributed by atoms with Gasteiger partial charge in [-0.25, -0.2) is 4.79 Å². The molecule has 1 rings (SSSR count). The average Bonchev–Trinajstić information content (AvgIpc) is 2.36. The minimum absolute atomic E-state index is 0.115. The van der Waals surface area contributed by atoms with Crippen LogP contribution in [0.3, 0.4) is 0 Å². The van der Waals surface area contributed by atoms with E-state index in [4.69, 9.17) is 5.11 Å². The quantitative estimate of drug-likeness (QED) is 0.555. The molecule has 0 aromatic heterocycles. The summed E-state index contributed by atoms with van der Waals surface area (Å²) in [6.07, 6.45) is 0.719. The van der Waals surface area contributed by atoms with Gasteiger partial charge in [0.1, 0.15) is 0 Å². The van der Waals surface area contributed by atoms with Crippen LogP contribution in [0.25, 0.3) is 0 Å². The molecule has 0 aliphatic rings. The largest absolute Gasteiger partial charge is 0.481 e. The van der Waals surface area contributed by atoms with Crippen molar-refractivity contribution in [3.05, 3.63) is 29.8 Å². The molecule has 0 spiro atoms. The summed E-state index contributed by atoms with van der Waals surface area (Å²) < 4.78 is 0. The maximum absolute atomic E-state index is 11.6. The Morgan fingerprint density at radius 3 is 2.63 bits per heavy atom. The van der Waals surface area contributed by atoms with Gasteiger partial charge in [-0.3, -0.25) is 4.79 Å². The fourth-order valence-electron chi connectivity index (χ4n) is 1.59. The van der Waals surface area contributed by atoms with Crippen molar-refractivity contribution in [1.82, 2.24) is 10.6 Å². The molecule has 0 saturated carbocycles. The molecule has 0 radical (unpaired) electrons. The summed E-state index contributed by atoms with van der Waals surface area (Å²) in [5.74, 6) is -0.927. The van der Waals surface area contributed by atoms with Gasteiger partial charge < -0.3 is 21.1 Å². The van der Waals surface area contributed by atoms with Crippen LogP contribution in [0.2, 0.25) is 0 Å². The maximum atomic E-state index is 11.6. The minimum Gasteiger partial charge on any atom is -0.481 e. The second-order valence-corrected chi connectivity index (χ2v) is 4.07. The Kier molecular flexibility index (Phi) is 6.38. The second kappa shape index (κ2) is 8.10. The van der Waals surface area contributed by atoms with Crippen LogP contribution < -0.4 is 16.0 Å². The summed E-state index contributed by atoms with van der Waals surface area (Å²) in [5, 5.41) is 17.1. The van der Waals surface area contributed by atoms with E-state index in [0.717, 1.165) is 13.0 Å². The number of rotatable bonds is 7. The third kappa shape index (κ3) is 5.87. The summed E-state index contributed by atoms with van der Waals surface area (Å²) in [5.41, 5.74) is 1.11. The monoisotopic (exact) mass is 265 g/mol. The summed E-state index contributed by atoms with van der Waals surface area (Å²) in [6.45, 7) is 1.39. The fraction of sp³-hybridized carbons (Fsp3) is 0.385. The number of carbonyl (C=O) groups is 2. The predicted octanol–water partition coefficient (Wildman–Crippen LogP) is 1.04. The van der Waals surface area contributed by atoms with Gasteiger partial charge in [0.05, 0.1) is 6.42 Å². The number of carbonyl (C=O) groups excluding carboxylic acids is 1. The van der Waals surface area contributed by atoms with Crippen LogP contribution in [-0.4, -0.2) is 37.2 Å². The molecule has 0 saturated heterocycles. The van der Waals surface area contributed by atoms with Crippen LogP contribution in [0.4, 0.5) is 10.5 Å². The van der Waals surface area contributed by atoms with Crippen molar-refractivity contribution in [1.29, 1.82) is 0 Å². The first-order chi connectivity index (χ1) is 9.13. The molecule has 104 valence electrons. The topological polar surface area (TPSA) is 90.5 Å². The van der Waals surface area contributed by atoms with Crippen molar-refractivity contribution in [3.8, 4) is 0 Å². The van der Waals surface area contributed by atoms with Crippen molar-refractivity contribution < 1.29 is 14.7 Å². The number of anilines is 1. The van der Waals surface area contributed by atoms with E-state index in [1.54, 1.807) is 24.3 Å². The molecule has 6 nitrogen and oxygen atoms in total. The lowest BCUT2D eigenvalue weighted by atomic mass is 10.1. The van der Waals surface area contributed by atoms with Gasteiger partial charge in [0.15, 0.2) is 0 Å². The zero-order valence-electron chi connectivity index (χ0n) is 10.9. The third-order valence-corrected chi connectivity index (χ3v) is 2.50. The van der Waals surface area contributed by atoms with Gasteiger partial charge in [0.25, 0.3) is 0 Å². The number of aliphatic carboxylic acids is 1. The second-order valence-electron chi connectivity index (χ2n) is 4.07. The van der Waals surface area contributed by atoms with E-state index in [0.29, 0.717) is 17.8 Å². The zero-order chi connectivity index (χ0) is 14.1. The van der Waals surface area contributed by atoms with E-state index >= 15 is 0 Å². The van der Waals surface area contributed by atoms with Crippen molar-refractivity contribution >= 4 is 17.7 Å². The molecule has 0 heterocycles. The Labute approximate surface area is 112 Å². The first kappa shape index (κ1) is 15.0. The van der Waals surface area contributed by atoms with E-state index in [1.165, 1.54) is 0 Å². The van der Waals surface area contributed by atoms with Gasteiger partial charge in [-0.05, 0) is 31.6 Å². The van der Waals surface area contributed by atoms with Crippen LogP contribution in [0.5, 0.6) is 0 Å². The molecule has 0 bridgehead atoms. The molecule has 19 heavy (non-hydrogen) atoms. The molecule has 1 aromatic carbocycles. The molecule has 6 heteroatoms. The predicted molar refractivity (Wildman–Crippen MR) is 73.3 cm³/mol. The molecular weight excluding hydrogens is 246 g/mol.